The van der Waals surface area contributed by atoms with Crippen LogP contribution in [-0.4, -0.2) is 26.6 Å². The van der Waals surface area contributed by atoms with Crippen LogP contribution in [0.1, 0.15) is 31.4 Å². The number of halogens is 2. The van der Waals surface area contributed by atoms with Crippen molar-refractivity contribution < 1.29 is 9.59 Å². The maximum absolute atomic E-state index is 12.9. The number of thiazole rings is 1. The van der Waals surface area contributed by atoms with E-state index < -0.39 is 5.91 Å². The Balaban J connectivity index is 1.55. The average molecular weight is 486 g/mol. The van der Waals surface area contributed by atoms with Crippen molar-refractivity contribution in [2.75, 3.05) is 10.6 Å². The van der Waals surface area contributed by atoms with Crippen molar-refractivity contribution in [3.8, 4) is 5.69 Å². The number of para-hydroxylation sites is 2. The quantitative estimate of drug-likeness (QED) is 0.376. The molecule has 0 atom stereocenters. The molecule has 0 radical (unpaired) electrons. The molecule has 0 saturated carbocycles. The number of anilines is 2. The summed E-state index contributed by atoms with van der Waals surface area (Å²) in [7, 11) is 0. The summed E-state index contributed by atoms with van der Waals surface area (Å²) in [6.45, 7) is 3.40. The fourth-order valence-corrected chi connectivity index (χ4v) is 4.46. The summed E-state index contributed by atoms with van der Waals surface area (Å²) < 4.78 is 1.50. The number of aryl methyl sites for hydroxylation is 2. The second-order valence-corrected chi connectivity index (χ2v) is 8.58. The van der Waals surface area contributed by atoms with Crippen LogP contribution >= 0.6 is 34.5 Å². The lowest BCUT2D eigenvalue weighted by atomic mass is 10.2. The highest BCUT2D eigenvalue weighted by Gasteiger charge is 2.23. The van der Waals surface area contributed by atoms with E-state index in [1.165, 1.54) is 4.68 Å². The highest BCUT2D eigenvalue weighted by Crippen LogP contribution is 2.28. The second-order valence-electron chi connectivity index (χ2n) is 6.82. The molecule has 2 heterocycles. The van der Waals surface area contributed by atoms with Crippen LogP contribution in [0.25, 0.3) is 5.69 Å². The number of hydrogen-bond donors (Lipinski definition) is 2. The topological polar surface area (TPSA) is 88.9 Å². The number of benzene rings is 2. The number of carbonyl (C=O) groups excluding carboxylic acids is 2. The summed E-state index contributed by atoms with van der Waals surface area (Å²) >= 11 is 13.6. The summed E-state index contributed by atoms with van der Waals surface area (Å²) in [6, 6.07) is 16.2. The van der Waals surface area contributed by atoms with Gasteiger partial charge in [0.2, 0.25) is 0 Å². The fourth-order valence-electron chi connectivity index (χ4n) is 3.06. The molecule has 2 aromatic carbocycles. The number of aromatic nitrogens is 3. The van der Waals surface area contributed by atoms with Crippen LogP contribution < -0.4 is 10.6 Å². The molecule has 162 valence electrons. The van der Waals surface area contributed by atoms with E-state index in [2.05, 4.69) is 20.7 Å². The van der Waals surface area contributed by atoms with Crippen LogP contribution in [0.15, 0.2) is 54.6 Å². The number of amides is 2. The van der Waals surface area contributed by atoms with E-state index >= 15 is 0 Å². The maximum atomic E-state index is 12.9. The third kappa shape index (κ3) is 4.38. The number of hydrogen-bond acceptors (Lipinski definition) is 5. The monoisotopic (exact) mass is 485 g/mol. The summed E-state index contributed by atoms with van der Waals surface area (Å²) in [4.78, 5) is 30.3. The second kappa shape index (κ2) is 9.12. The smallest absolute Gasteiger partial charge is 0.267 e. The lowest BCUT2D eigenvalue weighted by molar-refractivity contribution is 0.101. The number of nitrogens with zero attached hydrogens (tertiary/aromatic N) is 3. The van der Waals surface area contributed by atoms with Gasteiger partial charge in [0.15, 0.2) is 5.13 Å². The Bertz CT molecular complexity index is 1320. The van der Waals surface area contributed by atoms with Crippen LogP contribution in [0.3, 0.4) is 0 Å². The predicted octanol–water partition coefficient (Wildman–Crippen LogP) is 5.76. The predicted molar refractivity (Wildman–Crippen MR) is 128 cm³/mol. The zero-order valence-corrected chi connectivity index (χ0v) is 19.3. The highest BCUT2D eigenvalue weighted by atomic mass is 35.5. The van der Waals surface area contributed by atoms with E-state index in [-0.39, 0.29) is 21.8 Å². The van der Waals surface area contributed by atoms with Crippen molar-refractivity contribution in [1.82, 2.24) is 14.8 Å². The molecule has 0 bridgehead atoms. The first-order chi connectivity index (χ1) is 15.3. The molecule has 0 aliphatic carbocycles. The molecule has 0 saturated heterocycles. The van der Waals surface area contributed by atoms with E-state index in [4.69, 9.17) is 23.2 Å². The normalized spacial score (nSPS) is 10.8. The minimum Gasteiger partial charge on any atom is -0.320 e. The van der Waals surface area contributed by atoms with E-state index in [9.17, 15) is 9.59 Å². The van der Waals surface area contributed by atoms with Gasteiger partial charge in [0.1, 0.15) is 15.6 Å². The Morgan fingerprint density at radius 1 is 0.906 bits per heavy atom. The molecule has 2 N–H and O–H groups in total. The van der Waals surface area contributed by atoms with Crippen molar-refractivity contribution in [3.05, 3.63) is 86.6 Å². The molecule has 2 amide bonds. The molecular formula is C22H17Cl2N5O2S. The first-order valence-corrected chi connectivity index (χ1v) is 11.1. The lowest BCUT2D eigenvalue weighted by Crippen LogP contribution is -2.13. The first-order valence-electron chi connectivity index (χ1n) is 9.50. The molecule has 4 rings (SSSR count). The molecule has 32 heavy (non-hydrogen) atoms. The van der Waals surface area contributed by atoms with E-state index in [1.807, 2.05) is 30.3 Å². The van der Waals surface area contributed by atoms with Crippen molar-refractivity contribution in [2.24, 2.45) is 0 Å². The van der Waals surface area contributed by atoms with Crippen LogP contribution in [0.2, 0.25) is 10.2 Å². The third-order valence-electron chi connectivity index (χ3n) is 4.58. The van der Waals surface area contributed by atoms with Crippen LogP contribution in [0.5, 0.6) is 0 Å². The summed E-state index contributed by atoms with van der Waals surface area (Å²) in [6.07, 6.45) is 0. The molecule has 0 aliphatic rings. The van der Waals surface area contributed by atoms with Gasteiger partial charge in [-0.15, -0.1) is 0 Å². The van der Waals surface area contributed by atoms with Gasteiger partial charge in [-0.05, 0) is 38.1 Å². The molecule has 0 spiro atoms. The van der Waals surface area contributed by atoms with Gasteiger partial charge in [0.05, 0.1) is 27.8 Å². The minimum atomic E-state index is -0.457. The van der Waals surface area contributed by atoms with Gasteiger partial charge >= 0.3 is 0 Å². The fraction of sp³-hybridized carbons (Fsp3) is 0.0909. The maximum Gasteiger partial charge on any atom is 0.267 e. The third-order valence-corrected chi connectivity index (χ3v) is 6.33. The Kier molecular flexibility index (Phi) is 6.27. The van der Waals surface area contributed by atoms with Crippen LogP contribution in [0, 0.1) is 13.8 Å². The molecule has 7 nitrogen and oxygen atoms in total. The molecule has 10 heteroatoms. The van der Waals surface area contributed by atoms with Crippen LogP contribution in [-0.2, 0) is 0 Å². The van der Waals surface area contributed by atoms with Crippen molar-refractivity contribution in [2.45, 2.75) is 13.8 Å². The zero-order chi connectivity index (χ0) is 22.8. The first kappa shape index (κ1) is 22.0. The van der Waals surface area contributed by atoms with Crippen LogP contribution in [0.4, 0.5) is 10.8 Å². The van der Waals surface area contributed by atoms with Gasteiger partial charge in [0.25, 0.3) is 11.8 Å². The average Bonchev–Trinajstić information content (AvgIpc) is 3.28. The van der Waals surface area contributed by atoms with Gasteiger partial charge < -0.3 is 5.32 Å². The molecular weight excluding hydrogens is 469 g/mol. The van der Waals surface area contributed by atoms with Gasteiger partial charge in [-0.3, -0.25) is 14.9 Å². The van der Waals surface area contributed by atoms with Crippen molar-refractivity contribution in [3.63, 3.8) is 0 Å². The van der Waals surface area contributed by atoms with E-state index in [0.29, 0.717) is 27.0 Å². The van der Waals surface area contributed by atoms with Gasteiger partial charge in [-0.25, -0.2) is 9.67 Å². The minimum absolute atomic E-state index is 0.191. The Hall–Kier alpha value is -3.20. The molecule has 0 unspecified atom stereocenters. The number of carbonyl (C=O) groups is 2. The van der Waals surface area contributed by atoms with Crippen molar-refractivity contribution in [1.29, 1.82) is 0 Å². The Morgan fingerprint density at radius 2 is 1.59 bits per heavy atom. The molecule has 4 aromatic rings. The summed E-state index contributed by atoms with van der Waals surface area (Å²) in [5.74, 6) is -0.818. The largest absolute Gasteiger partial charge is 0.320 e. The van der Waals surface area contributed by atoms with Gasteiger partial charge in [-0.1, -0.05) is 64.9 Å². The SMILES string of the molecule is Cc1nc(NC(=O)c2c(C)nn(-c3ccccc3)c2Cl)sc1C(=O)Nc1ccccc1Cl. The molecule has 0 fully saturated rings. The Morgan fingerprint density at radius 3 is 2.31 bits per heavy atom. The zero-order valence-electron chi connectivity index (χ0n) is 17.0. The molecule has 0 aliphatic heterocycles. The highest BCUT2D eigenvalue weighted by molar-refractivity contribution is 7.17. The standard InChI is InChI=1S/C22H17Cl2N5O2S/c1-12-17(19(24)29(28-12)14-8-4-3-5-9-14)20(30)27-22-25-13(2)18(32-22)21(31)26-16-11-7-6-10-15(16)23/h3-11H,1-2H3,(H,26,31)(H,25,27,30). The number of rotatable bonds is 5. The lowest BCUT2D eigenvalue weighted by Gasteiger charge is -2.05. The summed E-state index contributed by atoms with van der Waals surface area (Å²) in [5, 5.41) is 10.8. The van der Waals surface area contributed by atoms with Gasteiger partial charge in [0, 0.05) is 0 Å². The van der Waals surface area contributed by atoms with Crippen molar-refractivity contribution >= 4 is 57.2 Å². The molecule has 2 aromatic heterocycles. The summed E-state index contributed by atoms with van der Waals surface area (Å²) in [5.41, 5.74) is 2.43. The van der Waals surface area contributed by atoms with E-state index in [0.717, 1.165) is 17.0 Å². The number of nitrogens with one attached hydrogen (secondary N) is 2. The Labute approximate surface area is 198 Å². The van der Waals surface area contributed by atoms with E-state index in [1.54, 1.807) is 38.1 Å². The van der Waals surface area contributed by atoms with Gasteiger partial charge in [-0.2, -0.15) is 5.10 Å².